The van der Waals surface area contributed by atoms with E-state index in [0.29, 0.717) is 0 Å². The maximum absolute atomic E-state index is 12.1. The molecule has 0 fully saturated rings. The van der Waals surface area contributed by atoms with E-state index in [-0.39, 0.29) is 17.2 Å². The molecule has 2 aromatic rings. The Balaban J connectivity index is 1.97. The summed E-state index contributed by atoms with van der Waals surface area (Å²) >= 11 is 0. The summed E-state index contributed by atoms with van der Waals surface area (Å²) in [6.45, 7) is 0.114. The summed E-state index contributed by atoms with van der Waals surface area (Å²) in [7, 11) is -0.813. The van der Waals surface area contributed by atoms with Crippen LogP contribution in [-0.4, -0.2) is 33.7 Å². The Morgan fingerprint density at radius 2 is 1.80 bits per heavy atom. The molecule has 2 N–H and O–H groups in total. The highest BCUT2D eigenvalue weighted by molar-refractivity contribution is 7.89. The number of sulfonamides is 1. The molecule has 8 nitrogen and oxygen atoms in total. The topological polar surface area (TPSA) is 97.0 Å². The number of amides is 1. The number of nitrogens with one attached hydrogen (secondary N) is 2. The van der Waals surface area contributed by atoms with E-state index < -0.39 is 16.1 Å². The summed E-state index contributed by atoms with van der Waals surface area (Å²) in [6.07, 6.45) is -0.684. The highest BCUT2D eigenvalue weighted by atomic mass is 32.2. The van der Waals surface area contributed by atoms with Gasteiger partial charge in [0, 0.05) is 19.8 Å². The molecule has 0 aliphatic heterocycles. The molecule has 2 aromatic carbocycles. The molecular formula is C16H19N3O5S. The van der Waals surface area contributed by atoms with Crippen LogP contribution in [0.25, 0.3) is 0 Å². The second kappa shape index (κ2) is 8.58. The normalized spacial score (nSPS) is 11.3. The molecule has 0 radical (unpaired) electrons. The number of anilines is 1. The Kier molecular flexibility index (Phi) is 6.48. The largest absolute Gasteiger partial charge is 0.444 e. The van der Waals surface area contributed by atoms with Crippen LogP contribution in [0, 0.1) is 0 Å². The number of hydroxylamine groups is 2. The number of ether oxygens (including phenoxy) is 1. The Morgan fingerprint density at radius 1 is 1.08 bits per heavy atom. The molecule has 9 heteroatoms. The van der Waals surface area contributed by atoms with Crippen LogP contribution in [0.1, 0.15) is 5.56 Å². The monoisotopic (exact) mass is 365 g/mol. The Morgan fingerprint density at radius 3 is 2.48 bits per heavy atom. The number of carbonyl (C=O) groups is 1. The van der Waals surface area contributed by atoms with E-state index in [1.165, 1.54) is 37.4 Å². The van der Waals surface area contributed by atoms with Gasteiger partial charge >= 0.3 is 6.09 Å². The lowest BCUT2D eigenvalue weighted by atomic mass is 10.2. The third-order valence-electron chi connectivity index (χ3n) is 2.93. The molecule has 0 atom stereocenters. The van der Waals surface area contributed by atoms with Crippen molar-refractivity contribution >= 4 is 21.8 Å². The van der Waals surface area contributed by atoms with Crippen molar-refractivity contribution in [1.29, 1.82) is 0 Å². The van der Waals surface area contributed by atoms with Crippen LogP contribution < -0.4 is 10.2 Å². The van der Waals surface area contributed by atoms with Gasteiger partial charge in [0.1, 0.15) is 6.61 Å². The predicted octanol–water partition coefficient (Wildman–Crippen LogP) is 2.12. The van der Waals surface area contributed by atoms with Crippen molar-refractivity contribution in [2.24, 2.45) is 0 Å². The number of benzene rings is 2. The van der Waals surface area contributed by atoms with Crippen molar-refractivity contribution in [3.8, 4) is 0 Å². The lowest BCUT2D eigenvalue weighted by molar-refractivity contribution is -0.148. The third-order valence-corrected chi connectivity index (χ3v) is 4.10. The molecule has 25 heavy (non-hydrogen) atoms. The molecule has 0 bridgehead atoms. The van der Waals surface area contributed by atoms with E-state index in [1.54, 1.807) is 6.07 Å². The summed E-state index contributed by atoms with van der Waals surface area (Å²) in [4.78, 5) is 18.5. The fourth-order valence-corrected chi connectivity index (χ4v) is 2.67. The first-order valence-corrected chi connectivity index (χ1v) is 8.79. The van der Waals surface area contributed by atoms with Gasteiger partial charge in [-0.2, -0.15) is 10.0 Å². The van der Waals surface area contributed by atoms with Gasteiger partial charge in [-0.3, -0.25) is 5.32 Å². The van der Waals surface area contributed by atoms with Crippen molar-refractivity contribution < 1.29 is 22.9 Å². The van der Waals surface area contributed by atoms with Crippen LogP contribution in [-0.2, 0) is 26.3 Å². The van der Waals surface area contributed by atoms with Gasteiger partial charge in [0.2, 0.25) is 0 Å². The standard InChI is InChI=1S/C16H19N3O5S/c1-19(2)24-18-25(21,22)15-10-6-9-14(11-15)17-16(20)23-12-13-7-4-3-5-8-13/h3-11,18H,12H2,1-2H3,(H,17,20). The Labute approximate surface area is 146 Å². The molecule has 0 aliphatic rings. The summed E-state index contributed by atoms with van der Waals surface area (Å²) in [5.41, 5.74) is 1.13. The minimum absolute atomic E-state index is 0.0600. The van der Waals surface area contributed by atoms with Gasteiger partial charge in [-0.25, -0.2) is 13.2 Å². The lowest BCUT2D eigenvalue weighted by Gasteiger charge is -2.12. The van der Waals surface area contributed by atoms with E-state index in [2.05, 4.69) is 5.32 Å². The first-order chi connectivity index (χ1) is 11.9. The Bertz CT molecular complexity index is 810. The number of hydrogen-bond donors (Lipinski definition) is 2. The summed E-state index contributed by atoms with van der Waals surface area (Å²) < 4.78 is 29.2. The van der Waals surface area contributed by atoms with Crippen LogP contribution in [0.2, 0.25) is 0 Å². The minimum Gasteiger partial charge on any atom is -0.444 e. The number of carbonyl (C=O) groups excluding carboxylic acids is 1. The molecule has 0 unspecified atom stereocenters. The van der Waals surface area contributed by atoms with E-state index in [9.17, 15) is 13.2 Å². The molecule has 1 amide bonds. The van der Waals surface area contributed by atoms with Gasteiger partial charge in [0.15, 0.2) is 0 Å². The maximum Gasteiger partial charge on any atom is 0.411 e. The fourth-order valence-electron chi connectivity index (χ4n) is 1.79. The summed E-state index contributed by atoms with van der Waals surface area (Å²) in [5.74, 6) is 0. The first-order valence-electron chi connectivity index (χ1n) is 7.31. The van der Waals surface area contributed by atoms with E-state index >= 15 is 0 Å². The highest BCUT2D eigenvalue weighted by Crippen LogP contribution is 2.16. The molecule has 0 heterocycles. The van der Waals surface area contributed by atoms with Gasteiger partial charge in [-0.15, -0.1) is 0 Å². The van der Waals surface area contributed by atoms with Crippen LogP contribution in [0.5, 0.6) is 0 Å². The fraction of sp³-hybridized carbons (Fsp3) is 0.188. The minimum atomic E-state index is -3.87. The highest BCUT2D eigenvalue weighted by Gasteiger charge is 2.16. The average molecular weight is 365 g/mol. The summed E-state index contributed by atoms with van der Waals surface area (Å²) in [6, 6.07) is 14.9. The molecule has 2 rings (SSSR count). The van der Waals surface area contributed by atoms with Crippen molar-refractivity contribution in [2.45, 2.75) is 11.5 Å². The van der Waals surface area contributed by atoms with Gasteiger partial charge in [-0.05, 0) is 23.8 Å². The molecular weight excluding hydrogens is 346 g/mol. The average Bonchev–Trinajstić information content (AvgIpc) is 2.59. The van der Waals surface area contributed by atoms with Crippen LogP contribution in [0.3, 0.4) is 0 Å². The lowest BCUT2D eigenvalue weighted by Crippen LogP contribution is -2.30. The van der Waals surface area contributed by atoms with Crippen molar-refractivity contribution in [3.63, 3.8) is 0 Å². The zero-order valence-corrected chi connectivity index (χ0v) is 14.6. The van der Waals surface area contributed by atoms with E-state index in [0.717, 1.165) is 5.56 Å². The molecule has 0 saturated carbocycles. The summed E-state index contributed by atoms with van der Waals surface area (Å²) in [5, 5.41) is 3.68. The second-order valence-corrected chi connectivity index (χ2v) is 6.85. The molecule has 0 spiro atoms. The molecule has 134 valence electrons. The number of nitrogens with zero attached hydrogens (tertiary/aromatic N) is 1. The van der Waals surface area contributed by atoms with Gasteiger partial charge in [-0.1, -0.05) is 41.3 Å². The smallest absolute Gasteiger partial charge is 0.411 e. The van der Waals surface area contributed by atoms with Crippen LogP contribution in [0.15, 0.2) is 59.5 Å². The molecule has 0 saturated heterocycles. The van der Waals surface area contributed by atoms with E-state index in [4.69, 9.17) is 9.68 Å². The zero-order chi connectivity index (χ0) is 18.3. The van der Waals surface area contributed by atoms with E-state index in [1.807, 2.05) is 35.2 Å². The SMILES string of the molecule is CN(C)ONS(=O)(=O)c1cccc(NC(=O)OCc2ccccc2)c1. The third kappa shape index (κ3) is 6.16. The van der Waals surface area contributed by atoms with Gasteiger partial charge < -0.3 is 4.74 Å². The first kappa shape index (κ1) is 18.9. The molecule has 0 aliphatic carbocycles. The van der Waals surface area contributed by atoms with Gasteiger partial charge in [0.05, 0.1) is 4.90 Å². The quantitative estimate of drug-likeness (QED) is 0.730. The van der Waals surface area contributed by atoms with Crippen molar-refractivity contribution in [3.05, 3.63) is 60.2 Å². The predicted molar refractivity (Wildman–Crippen MR) is 91.8 cm³/mol. The Hall–Kier alpha value is -2.46. The second-order valence-electron chi connectivity index (χ2n) is 5.20. The van der Waals surface area contributed by atoms with Crippen molar-refractivity contribution in [1.82, 2.24) is 9.95 Å². The van der Waals surface area contributed by atoms with Crippen LogP contribution >= 0.6 is 0 Å². The van der Waals surface area contributed by atoms with Gasteiger partial charge in [0.25, 0.3) is 10.0 Å². The molecule has 0 aromatic heterocycles. The number of rotatable bonds is 7. The number of hydrogen-bond acceptors (Lipinski definition) is 6. The zero-order valence-electron chi connectivity index (χ0n) is 13.8. The van der Waals surface area contributed by atoms with Crippen molar-refractivity contribution in [2.75, 3.05) is 19.4 Å². The van der Waals surface area contributed by atoms with Crippen LogP contribution in [0.4, 0.5) is 10.5 Å². The maximum atomic E-state index is 12.1.